The topological polar surface area (TPSA) is 60.5 Å². The molecule has 0 aliphatic heterocycles. The second-order valence-electron chi connectivity index (χ2n) is 7.26. The molecule has 0 fully saturated rings. The molecule has 162 valence electrons. The van der Waals surface area contributed by atoms with Crippen LogP contribution in [0, 0.1) is 6.92 Å². The van der Waals surface area contributed by atoms with Crippen LogP contribution < -0.4 is 14.8 Å². The maximum Gasteiger partial charge on any atom is 0.264 e. The van der Waals surface area contributed by atoms with Crippen LogP contribution in [0.4, 0.5) is 5.13 Å². The molecule has 3 aromatic carbocycles. The number of carbonyl (C=O) groups excluding carboxylic acids is 1. The number of rotatable bonds is 8. The predicted molar refractivity (Wildman–Crippen MR) is 129 cm³/mol. The van der Waals surface area contributed by atoms with E-state index in [0.29, 0.717) is 10.9 Å². The summed E-state index contributed by atoms with van der Waals surface area (Å²) < 4.78 is 11.1. The monoisotopic (exact) mass is 444 g/mol. The van der Waals surface area contributed by atoms with Gasteiger partial charge >= 0.3 is 0 Å². The summed E-state index contributed by atoms with van der Waals surface area (Å²) in [4.78, 5) is 18.1. The van der Waals surface area contributed by atoms with Gasteiger partial charge in [0.15, 0.2) is 11.7 Å². The van der Waals surface area contributed by atoms with E-state index in [1.165, 1.54) is 16.9 Å². The van der Waals surface area contributed by atoms with Crippen LogP contribution in [0.5, 0.6) is 11.5 Å². The molecule has 0 spiro atoms. The highest BCUT2D eigenvalue weighted by molar-refractivity contribution is 7.16. The third kappa shape index (κ3) is 5.34. The number of carbonyl (C=O) groups is 1. The van der Waals surface area contributed by atoms with Gasteiger partial charge in [0, 0.05) is 16.9 Å². The van der Waals surface area contributed by atoms with Crippen molar-refractivity contribution in [3.05, 3.63) is 94.9 Å². The van der Waals surface area contributed by atoms with Crippen LogP contribution in [0.3, 0.4) is 0 Å². The fourth-order valence-electron chi connectivity index (χ4n) is 3.37. The highest BCUT2D eigenvalue weighted by atomic mass is 32.1. The van der Waals surface area contributed by atoms with Crippen molar-refractivity contribution in [2.75, 3.05) is 19.0 Å². The molecule has 0 aliphatic carbocycles. The van der Waals surface area contributed by atoms with Crippen LogP contribution in [-0.2, 0) is 11.2 Å². The van der Waals surface area contributed by atoms with Gasteiger partial charge in [-0.2, -0.15) is 0 Å². The average molecular weight is 445 g/mol. The molecule has 1 amide bonds. The van der Waals surface area contributed by atoms with Crippen molar-refractivity contribution in [2.24, 2.45) is 0 Å². The first-order valence-electron chi connectivity index (χ1n) is 10.3. The molecule has 4 rings (SSSR count). The SMILES string of the molecule is COc1ccc(-c2nc(NC(=O)COc3ccccc3Cc3ccccc3)sc2C)cc1. The second kappa shape index (κ2) is 10.1. The molecule has 1 heterocycles. The summed E-state index contributed by atoms with van der Waals surface area (Å²) >= 11 is 1.44. The highest BCUT2D eigenvalue weighted by Gasteiger charge is 2.13. The van der Waals surface area contributed by atoms with Gasteiger partial charge in [0.25, 0.3) is 5.91 Å². The van der Waals surface area contributed by atoms with E-state index < -0.39 is 0 Å². The quantitative estimate of drug-likeness (QED) is 0.377. The maximum absolute atomic E-state index is 12.5. The lowest BCUT2D eigenvalue weighted by Crippen LogP contribution is -2.20. The minimum Gasteiger partial charge on any atom is -0.497 e. The van der Waals surface area contributed by atoms with Gasteiger partial charge in [-0.15, -0.1) is 11.3 Å². The first kappa shape index (κ1) is 21.6. The van der Waals surface area contributed by atoms with Gasteiger partial charge in [-0.1, -0.05) is 48.5 Å². The molecule has 6 heteroatoms. The largest absolute Gasteiger partial charge is 0.497 e. The lowest BCUT2D eigenvalue weighted by molar-refractivity contribution is -0.118. The third-order valence-corrected chi connectivity index (χ3v) is 5.86. The summed E-state index contributed by atoms with van der Waals surface area (Å²) in [5.74, 6) is 1.26. The van der Waals surface area contributed by atoms with E-state index in [4.69, 9.17) is 9.47 Å². The summed E-state index contributed by atoms with van der Waals surface area (Å²) in [5.41, 5.74) is 4.06. The van der Waals surface area contributed by atoms with E-state index in [2.05, 4.69) is 22.4 Å². The van der Waals surface area contributed by atoms with E-state index in [0.717, 1.165) is 33.9 Å². The number of anilines is 1. The Labute approximate surface area is 191 Å². The number of thiazole rings is 1. The Bertz CT molecular complexity index is 1190. The number of hydrogen-bond acceptors (Lipinski definition) is 5. The lowest BCUT2D eigenvalue weighted by atomic mass is 10.0. The number of benzene rings is 3. The van der Waals surface area contributed by atoms with E-state index in [-0.39, 0.29) is 12.5 Å². The van der Waals surface area contributed by atoms with Crippen molar-refractivity contribution in [3.8, 4) is 22.8 Å². The summed E-state index contributed by atoms with van der Waals surface area (Å²) in [7, 11) is 1.64. The molecule has 0 unspecified atom stereocenters. The second-order valence-corrected chi connectivity index (χ2v) is 8.46. The zero-order valence-corrected chi connectivity index (χ0v) is 18.8. The van der Waals surface area contributed by atoms with E-state index >= 15 is 0 Å². The van der Waals surface area contributed by atoms with Crippen LogP contribution in [0.15, 0.2) is 78.9 Å². The molecule has 4 aromatic rings. The van der Waals surface area contributed by atoms with Gasteiger partial charge in [0.1, 0.15) is 11.5 Å². The minimum absolute atomic E-state index is 0.0811. The molecular formula is C26H24N2O3S. The first-order chi connectivity index (χ1) is 15.6. The number of hydrogen-bond donors (Lipinski definition) is 1. The molecule has 0 radical (unpaired) electrons. The number of aromatic nitrogens is 1. The Balaban J connectivity index is 1.39. The number of para-hydroxylation sites is 1. The molecule has 0 bridgehead atoms. The van der Waals surface area contributed by atoms with Crippen molar-refractivity contribution >= 4 is 22.4 Å². The van der Waals surface area contributed by atoms with E-state index in [1.54, 1.807) is 7.11 Å². The van der Waals surface area contributed by atoms with Crippen LogP contribution in [0.25, 0.3) is 11.3 Å². The number of nitrogens with one attached hydrogen (secondary N) is 1. The number of methoxy groups -OCH3 is 1. The molecule has 32 heavy (non-hydrogen) atoms. The third-order valence-electron chi connectivity index (χ3n) is 4.98. The first-order valence-corrected chi connectivity index (χ1v) is 11.1. The number of ether oxygens (including phenoxy) is 2. The fourth-order valence-corrected chi connectivity index (χ4v) is 4.22. The molecular weight excluding hydrogens is 420 g/mol. The highest BCUT2D eigenvalue weighted by Crippen LogP contribution is 2.31. The number of aryl methyl sites for hydroxylation is 1. The van der Waals surface area contributed by atoms with Crippen LogP contribution in [0.2, 0.25) is 0 Å². The Kier molecular flexibility index (Phi) is 6.82. The van der Waals surface area contributed by atoms with E-state index in [1.807, 2.05) is 73.7 Å². The molecule has 0 saturated heterocycles. The standard InChI is InChI=1S/C26H24N2O3S/c1-18-25(20-12-14-22(30-2)15-13-20)28-26(32-18)27-24(29)17-31-23-11-7-6-10-21(23)16-19-8-4-3-5-9-19/h3-15H,16-17H2,1-2H3,(H,27,28,29). The van der Waals surface area contributed by atoms with Gasteiger partial charge < -0.3 is 9.47 Å². The Hall–Kier alpha value is -3.64. The summed E-state index contributed by atoms with van der Waals surface area (Å²) in [6, 6.07) is 25.7. The minimum atomic E-state index is -0.241. The zero-order chi connectivity index (χ0) is 22.3. The molecule has 0 atom stereocenters. The number of amides is 1. The molecule has 5 nitrogen and oxygen atoms in total. The Morgan fingerprint density at radius 3 is 2.44 bits per heavy atom. The predicted octanol–water partition coefficient (Wildman–Crippen LogP) is 5.74. The Morgan fingerprint density at radius 2 is 1.69 bits per heavy atom. The van der Waals surface area contributed by atoms with Crippen molar-refractivity contribution in [1.82, 2.24) is 4.98 Å². The van der Waals surface area contributed by atoms with Crippen LogP contribution in [0.1, 0.15) is 16.0 Å². The van der Waals surface area contributed by atoms with Crippen molar-refractivity contribution in [3.63, 3.8) is 0 Å². The van der Waals surface area contributed by atoms with Gasteiger partial charge in [-0.05, 0) is 48.4 Å². The Morgan fingerprint density at radius 1 is 0.969 bits per heavy atom. The molecule has 0 saturated carbocycles. The summed E-state index contributed by atoms with van der Waals surface area (Å²) in [6.45, 7) is 1.91. The lowest BCUT2D eigenvalue weighted by Gasteiger charge is -2.11. The summed E-state index contributed by atoms with van der Waals surface area (Å²) in [5, 5.41) is 3.41. The average Bonchev–Trinajstić information content (AvgIpc) is 3.19. The smallest absolute Gasteiger partial charge is 0.264 e. The van der Waals surface area contributed by atoms with Crippen molar-refractivity contribution < 1.29 is 14.3 Å². The van der Waals surface area contributed by atoms with Crippen molar-refractivity contribution in [2.45, 2.75) is 13.3 Å². The summed E-state index contributed by atoms with van der Waals surface area (Å²) in [6.07, 6.45) is 0.746. The van der Waals surface area contributed by atoms with Crippen LogP contribution >= 0.6 is 11.3 Å². The molecule has 1 aromatic heterocycles. The fraction of sp³-hybridized carbons (Fsp3) is 0.154. The molecule has 0 aliphatic rings. The van der Waals surface area contributed by atoms with Crippen LogP contribution in [-0.4, -0.2) is 24.6 Å². The van der Waals surface area contributed by atoms with Gasteiger partial charge in [0.05, 0.1) is 12.8 Å². The molecule has 1 N–H and O–H groups in total. The van der Waals surface area contributed by atoms with Crippen molar-refractivity contribution in [1.29, 1.82) is 0 Å². The van der Waals surface area contributed by atoms with E-state index in [9.17, 15) is 4.79 Å². The number of nitrogens with zero attached hydrogens (tertiary/aromatic N) is 1. The van der Waals surface area contributed by atoms with Gasteiger partial charge in [-0.25, -0.2) is 4.98 Å². The zero-order valence-electron chi connectivity index (χ0n) is 18.0. The normalized spacial score (nSPS) is 10.6. The van der Waals surface area contributed by atoms with Gasteiger partial charge in [-0.3, -0.25) is 10.1 Å². The maximum atomic E-state index is 12.5. The van der Waals surface area contributed by atoms with Gasteiger partial charge in [0.2, 0.25) is 0 Å².